The average Bonchev–Trinajstić information content (AvgIpc) is 2.91. The van der Waals surface area contributed by atoms with Gasteiger partial charge in [0, 0.05) is 24.8 Å². The molecule has 0 aromatic carbocycles. The Morgan fingerprint density at radius 3 is 2.74 bits per heavy atom. The van der Waals surface area contributed by atoms with Crippen LogP contribution in [0, 0.1) is 5.92 Å². The van der Waals surface area contributed by atoms with Crippen LogP contribution in [0.1, 0.15) is 50.5 Å². The molecule has 0 atom stereocenters. The van der Waals surface area contributed by atoms with Crippen molar-refractivity contribution in [3.8, 4) is 0 Å². The van der Waals surface area contributed by atoms with Crippen LogP contribution in [0.2, 0.25) is 0 Å². The van der Waals surface area contributed by atoms with Crippen molar-refractivity contribution in [1.82, 2.24) is 10.3 Å². The summed E-state index contributed by atoms with van der Waals surface area (Å²) in [6.07, 6.45) is 1.18. The van der Waals surface area contributed by atoms with Crippen LogP contribution in [-0.2, 0) is 14.3 Å². The molecule has 1 heterocycles. The summed E-state index contributed by atoms with van der Waals surface area (Å²) in [6, 6.07) is 0. The van der Waals surface area contributed by atoms with Crippen molar-refractivity contribution in [3.05, 3.63) is 11.1 Å². The molecule has 0 fully saturated rings. The number of nitrogens with zero attached hydrogens (tertiary/aromatic N) is 1. The van der Waals surface area contributed by atoms with Crippen molar-refractivity contribution in [1.29, 1.82) is 0 Å². The van der Waals surface area contributed by atoms with E-state index in [0.717, 1.165) is 0 Å². The van der Waals surface area contributed by atoms with Crippen LogP contribution in [0.3, 0.4) is 0 Å². The fourth-order valence-corrected chi connectivity index (χ4v) is 2.44. The maximum Gasteiger partial charge on any atom is 0.305 e. The molecular weight excluding hydrogens is 318 g/mol. The quantitative estimate of drug-likeness (QED) is 0.530. The Morgan fingerprint density at radius 1 is 1.35 bits per heavy atom. The summed E-state index contributed by atoms with van der Waals surface area (Å²) in [5.74, 6) is -0.451. The topological polar surface area (TPSA) is 97.4 Å². The lowest BCUT2D eigenvalue weighted by atomic mass is 10.1. The van der Waals surface area contributed by atoms with Gasteiger partial charge in [-0.15, -0.1) is 11.3 Å². The van der Waals surface area contributed by atoms with Gasteiger partial charge in [0.15, 0.2) is 5.13 Å². The van der Waals surface area contributed by atoms with E-state index >= 15 is 0 Å². The zero-order chi connectivity index (χ0) is 17.2. The molecule has 0 aliphatic carbocycles. The Morgan fingerprint density at radius 2 is 2.09 bits per heavy atom. The number of thiazole rings is 1. The van der Waals surface area contributed by atoms with E-state index in [4.69, 9.17) is 4.74 Å². The lowest BCUT2D eigenvalue weighted by Crippen LogP contribution is -2.25. The molecule has 1 rings (SSSR count). The molecule has 0 aliphatic rings. The van der Waals surface area contributed by atoms with Crippen LogP contribution in [0.5, 0.6) is 0 Å². The van der Waals surface area contributed by atoms with Gasteiger partial charge in [0.2, 0.25) is 5.91 Å². The molecule has 1 aromatic rings. The SMILES string of the molecule is CCOC(=O)CCCNC(=O)c1csc(NC(=O)CC(C)C)n1. The zero-order valence-corrected chi connectivity index (χ0v) is 14.5. The second kappa shape index (κ2) is 9.94. The molecule has 2 N–H and O–H groups in total. The minimum Gasteiger partial charge on any atom is -0.466 e. The Labute approximate surface area is 139 Å². The summed E-state index contributed by atoms with van der Waals surface area (Å²) in [5.41, 5.74) is 0.256. The molecule has 128 valence electrons. The van der Waals surface area contributed by atoms with Gasteiger partial charge in [-0.25, -0.2) is 4.98 Å². The number of aromatic nitrogens is 1. The highest BCUT2D eigenvalue weighted by Crippen LogP contribution is 2.16. The molecule has 0 bridgehead atoms. The van der Waals surface area contributed by atoms with Gasteiger partial charge in [-0.2, -0.15) is 0 Å². The summed E-state index contributed by atoms with van der Waals surface area (Å²) in [5, 5.41) is 7.35. The van der Waals surface area contributed by atoms with E-state index in [1.54, 1.807) is 12.3 Å². The molecule has 0 radical (unpaired) electrons. The van der Waals surface area contributed by atoms with Gasteiger partial charge < -0.3 is 15.4 Å². The molecule has 0 saturated carbocycles. The Bertz CT molecular complexity index is 543. The van der Waals surface area contributed by atoms with E-state index in [0.29, 0.717) is 31.1 Å². The third-order valence-electron chi connectivity index (χ3n) is 2.73. The number of carbonyl (C=O) groups excluding carboxylic acids is 3. The van der Waals surface area contributed by atoms with E-state index in [1.165, 1.54) is 11.3 Å². The Kier molecular flexibility index (Phi) is 8.25. The highest BCUT2D eigenvalue weighted by molar-refractivity contribution is 7.14. The number of ether oxygens (including phenoxy) is 1. The van der Waals surface area contributed by atoms with Gasteiger partial charge in [-0.1, -0.05) is 13.8 Å². The van der Waals surface area contributed by atoms with Crippen molar-refractivity contribution in [3.63, 3.8) is 0 Å². The molecule has 7 nitrogen and oxygen atoms in total. The molecule has 0 unspecified atom stereocenters. The normalized spacial score (nSPS) is 10.4. The Balaban J connectivity index is 2.34. The number of rotatable bonds is 9. The molecule has 1 aromatic heterocycles. The first-order valence-electron chi connectivity index (χ1n) is 7.61. The molecular formula is C15H23N3O4S. The first kappa shape index (κ1) is 19.1. The smallest absolute Gasteiger partial charge is 0.305 e. The standard InChI is InChI=1S/C15H23N3O4S/c1-4-22-13(20)6-5-7-16-14(21)11-9-23-15(17-11)18-12(19)8-10(2)3/h9-10H,4-8H2,1-3H3,(H,16,21)(H,17,18,19). The lowest BCUT2D eigenvalue weighted by Gasteiger charge is -2.04. The molecule has 0 aliphatic heterocycles. The highest BCUT2D eigenvalue weighted by Gasteiger charge is 2.13. The van der Waals surface area contributed by atoms with E-state index < -0.39 is 0 Å². The van der Waals surface area contributed by atoms with Crippen molar-refractivity contribution in [2.75, 3.05) is 18.5 Å². The summed E-state index contributed by atoms with van der Waals surface area (Å²) in [4.78, 5) is 38.8. The number of hydrogen-bond donors (Lipinski definition) is 2. The zero-order valence-electron chi connectivity index (χ0n) is 13.7. The van der Waals surface area contributed by atoms with E-state index in [2.05, 4.69) is 15.6 Å². The molecule has 8 heteroatoms. The average molecular weight is 341 g/mol. The second-order valence-electron chi connectivity index (χ2n) is 5.35. The third kappa shape index (κ3) is 7.73. The summed E-state index contributed by atoms with van der Waals surface area (Å²) in [7, 11) is 0. The minimum absolute atomic E-state index is 0.115. The Hall–Kier alpha value is -1.96. The van der Waals surface area contributed by atoms with E-state index in [9.17, 15) is 14.4 Å². The minimum atomic E-state index is -0.325. The van der Waals surface area contributed by atoms with Gasteiger partial charge in [0.1, 0.15) is 5.69 Å². The lowest BCUT2D eigenvalue weighted by molar-refractivity contribution is -0.143. The van der Waals surface area contributed by atoms with Crippen molar-refractivity contribution < 1.29 is 19.1 Å². The van der Waals surface area contributed by atoms with Crippen molar-refractivity contribution in [2.45, 2.75) is 40.0 Å². The number of carbonyl (C=O) groups is 3. The van der Waals surface area contributed by atoms with Crippen LogP contribution >= 0.6 is 11.3 Å². The van der Waals surface area contributed by atoms with Gasteiger partial charge in [-0.3, -0.25) is 14.4 Å². The summed E-state index contributed by atoms with van der Waals surface area (Å²) < 4.78 is 4.80. The van der Waals surface area contributed by atoms with Crippen LogP contribution < -0.4 is 10.6 Å². The van der Waals surface area contributed by atoms with Gasteiger partial charge in [0.05, 0.1) is 6.61 Å². The summed E-state index contributed by atoms with van der Waals surface area (Å²) >= 11 is 1.21. The number of esters is 1. The summed E-state index contributed by atoms with van der Waals surface area (Å²) in [6.45, 7) is 6.38. The largest absolute Gasteiger partial charge is 0.466 e. The van der Waals surface area contributed by atoms with Crippen molar-refractivity contribution >= 4 is 34.3 Å². The van der Waals surface area contributed by atoms with E-state index in [1.807, 2.05) is 13.8 Å². The fraction of sp³-hybridized carbons (Fsp3) is 0.600. The number of anilines is 1. The molecule has 23 heavy (non-hydrogen) atoms. The van der Waals surface area contributed by atoms with Crippen LogP contribution in [0.4, 0.5) is 5.13 Å². The number of hydrogen-bond acceptors (Lipinski definition) is 6. The van der Waals surface area contributed by atoms with E-state index in [-0.39, 0.29) is 35.8 Å². The maximum atomic E-state index is 11.9. The van der Waals surface area contributed by atoms with Crippen LogP contribution in [-0.4, -0.2) is 35.9 Å². The first-order valence-corrected chi connectivity index (χ1v) is 8.49. The second-order valence-corrected chi connectivity index (χ2v) is 6.21. The van der Waals surface area contributed by atoms with Gasteiger partial charge >= 0.3 is 5.97 Å². The predicted octanol–water partition coefficient (Wildman–Crippen LogP) is 2.20. The molecule has 0 saturated heterocycles. The first-order chi connectivity index (χ1) is 10.9. The number of amides is 2. The van der Waals surface area contributed by atoms with Crippen LogP contribution in [0.25, 0.3) is 0 Å². The monoisotopic (exact) mass is 341 g/mol. The van der Waals surface area contributed by atoms with Crippen molar-refractivity contribution in [2.24, 2.45) is 5.92 Å². The fourth-order valence-electron chi connectivity index (χ4n) is 1.73. The highest BCUT2D eigenvalue weighted by atomic mass is 32.1. The maximum absolute atomic E-state index is 11.9. The van der Waals surface area contributed by atoms with Gasteiger partial charge in [-0.05, 0) is 19.3 Å². The number of nitrogens with one attached hydrogen (secondary N) is 2. The molecule has 2 amide bonds. The van der Waals surface area contributed by atoms with Gasteiger partial charge in [0.25, 0.3) is 5.91 Å². The third-order valence-corrected chi connectivity index (χ3v) is 3.48. The predicted molar refractivity (Wildman–Crippen MR) is 88.4 cm³/mol. The van der Waals surface area contributed by atoms with Crippen LogP contribution in [0.15, 0.2) is 5.38 Å². The molecule has 0 spiro atoms.